The topological polar surface area (TPSA) is 61.4 Å². The van der Waals surface area contributed by atoms with E-state index < -0.39 is 0 Å². The second-order valence-corrected chi connectivity index (χ2v) is 4.46. The lowest BCUT2D eigenvalue weighted by Crippen LogP contribution is -2.22. The molecule has 2 rings (SSSR count). The van der Waals surface area contributed by atoms with Gasteiger partial charge in [-0.25, -0.2) is 0 Å². The number of para-hydroxylation sites is 1. The lowest BCUT2D eigenvalue weighted by Gasteiger charge is -2.11. The Morgan fingerprint density at radius 2 is 1.80 bits per heavy atom. The normalized spacial score (nSPS) is 10.1. The SMILES string of the molecule is CCc1ccccc1NCC(=O)Nc1ccc(O)cc1. The predicted octanol–water partition coefficient (Wildman–Crippen LogP) is 3.01. The molecule has 104 valence electrons. The second kappa shape index (κ2) is 6.61. The quantitative estimate of drug-likeness (QED) is 0.732. The van der Waals surface area contributed by atoms with Crippen molar-refractivity contribution >= 4 is 17.3 Å². The van der Waals surface area contributed by atoms with Gasteiger partial charge in [-0.1, -0.05) is 25.1 Å². The third-order valence-electron chi connectivity index (χ3n) is 2.99. The molecule has 4 heteroatoms. The molecule has 0 atom stereocenters. The molecular formula is C16H18N2O2. The number of nitrogens with one attached hydrogen (secondary N) is 2. The Labute approximate surface area is 118 Å². The van der Waals surface area contributed by atoms with Crippen LogP contribution in [0.2, 0.25) is 0 Å². The van der Waals surface area contributed by atoms with Crippen LogP contribution in [0.1, 0.15) is 12.5 Å². The van der Waals surface area contributed by atoms with Gasteiger partial charge in [0.15, 0.2) is 0 Å². The summed E-state index contributed by atoms with van der Waals surface area (Å²) in [6.45, 7) is 2.29. The molecule has 0 aliphatic carbocycles. The van der Waals surface area contributed by atoms with Gasteiger partial charge in [-0.05, 0) is 42.3 Å². The molecule has 3 N–H and O–H groups in total. The number of carbonyl (C=O) groups is 1. The number of hydrogen-bond donors (Lipinski definition) is 3. The molecule has 0 saturated carbocycles. The third kappa shape index (κ3) is 3.75. The molecule has 0 aromatic heterocycles. The van der Waals surface area contributed by atoms with E-state index in [0.717, 1.165) is 12.1 Å². The number of phenols is 1. The molecule has 0 aliphatic heterocycles. The summed E-state index contributed by atoms with van der Waals surface area (Å²) in [4.78, 5) is 11.8. The summed E-state index contributed by atoms with van der Waals surface area (Å²) in [7, 11) is 0. The molecule has 0 aliphatic rings. The Hall–Kier alpha value is -2.49. The Morgan fingerprint density at radius 1 is 1.10 bits per heavy atom. The summed E-state index contributed by atoms with van der Waals surface area (Å²) < 4.78 is 0. The molecular weight excluding hydrogens is 252 g/mol. The maximum atomic E-state index is 11.8. The number of rotatable bonds is 5. The summed E-state index contributed by atoms with van der Waals surface area (Å²) >= 11 is 0. The molecule has 0 fully saturated rings. The molecule has 0 heterocycles. The summed E-state index contributed by atoms with van der Waals surface area (Å²) in [5, 5.41) is 15.1. The number of carbonyl (C=O) groups excluding carboxylic acids is 1. The van der Waals surface area contributed by atoms with E-state index in [1.54, 1.807) is 12.1 Å². The van der Waals surface area contributed by atoms with E-state index in [9.17, 15) is 9.90 Å². The third-order valence-corrected chi connectivity index (χ3v) is 2.99. The maximum Gasteiger partial charge on any atom is 0.243 e. The fraction of sp³-hybridized carbons (Fsp3) is 0.188. The molecule has 20 heavy (non-hydrogen) atoms. The minimum atomic E-state index is -0.124. The summed E-state index contributed by atoms with van der Waals surface area (Å²) in [6.07, 6.45) is 0.919. The minimum Gasteiger partial charge on any atom is -0.508 e. The van der Waals surface area contributed by atoms with E-state index in [4.69, 9.17) is 0 Å². The Kier molecular flexibility index (Phi) is 4.60. The highest BCUT2D eigenvalue weighted by molar-refractivity contribution is 5.93. The van der Waals surface area contributed by atoms with Crippen molar-refractivity contribution in [2.75, 3.05) is 17.2 Å². The van der Waals surface area contributed by atoms with Crippen LogP contribution in [0, 0.1) is 0 Å². The van der Waals surface area contributed by atoms with Crippen LogP contribution in [0.3, 0.4) is 0 Å². The van der Waals surface area contributed by atoms with E-state index >= 15 is 0 Å². The highest BCUT2D eigenvalue weighted by atomic mass is 16.3. The monoisotopic (exact) mass is 270 g/mol. The van der Waals surface area contributed by atoms with Crippen molar-refractivity contribution in [1.29, 1.82) is 0 Å². The van der Waals surface area contributed by atoms with Crippen molar-refractivity contribution in [3.8, 4) is 5.75 Å². The smallest absolute Gasteiger partial charge is 0.243 e. The van der Waals surface area contributed by atoms with Gasteiger partial charge in [-0.15, -0.1) is 0 Å². The van der Waals surface area contributed by atoms with Gasteiger partial charge in [0.1, 0.15) is 5.75 Å². The van der Waals surface area contributed by atoms with Crippen LogP contribution in [-0.4, -0.2) is 17.6 Å². The lowest BCUT2D eigenvalue weighted by molar-refractivity contribution is -0.114. The number of anilines is 2. The van der Waals surface area contributed by atoms with E-state index in [-0.39, 0.29) is 18.2 Å². The number of aromatic hydroxyl groups is 1. The van der Waals surface area contributed by atoms with Crippen molar-refractivity contribution < 1.29 is 9.90 Å². The second-order valence-electron chi connectivity index (χ2n) is 4.46. The van der Waals surface area contributed by atoms with Crippen LogP contribution in [0.5, 0.6) is 5.75 Å². The Morgan fingerprint density at radius 3 is 2.50 bits per heavy atom. The molecule has 1 amide bonds. The summed E-state index contributed by atoms with van der Waals surface area (Å²) in [5.74, 6) is 0.0552. The molecule has 2 aromatic carbocycles. The predicted molar refractivity (Wildman–Crippen MR) is 81.0 cm³/mol. The van der Waals surface area contributed by atoms with Gasteiger partial charge in [0.05, 0.1) is 6.54 Å². The zero-order valence-corrected chi connectivity index (χ0v) is 11.4. The number of hydrogen-bond acceptors (Lipinski definition) is 3. The number of amides is 1. The van der Waals surface area contributed by atoms with Crippen molar-refractivity contribution in [2.24, 2.45) is 0 Å². The van der Waals surface area contributed by atoms with E-state index in [0.29, 0.717) is 5.69 Å². The highest BCUT2D eigenvalue weighted by Crippen LogP contribution is 2.16. The zero-order valence-electron chi connectivity index (χ0n) is 11.4. The van der Waals surface area contributed by atoms with E-state index in [1.807, 2.05) is 24.3 Å². The van der Waals surface area contributed by atoms with Crippen molar-refractivity contribution in [2.45, 2.75) is 13.3 Å². The Balaban J connectivity index is 1.90. The number of phenolic OH excluding ortho intramolecular Hbond substituents is 1. The average Bonchev–Trinajstić information content (AvgIpc) is 2.48. The van der Waals surface area contributed by atoms with Gasteiger partial charge in [-0.3, -0.25) is 4.79 Å². The van der Waals surface area contributed by atoms with Crippen LogP contribution in [-0.2, 0) is 11.2 Å². The number of benzene rings is 2. The molecule has 0 saturated heterocycles. The first-order valence-corrected chi connectivity index (χ1v) is 6.59. The largest absolute Gasteiger partial charge is 0.508 e. The molecule has 0 unspecified atom stereocenters. The van der Waals surface area contributed by atoms with Crippen molar-refractivity contribution in [1.82, 2.24) is 0 Å². The fourth-order valence-corrected chi connectivity index (χ4v) is 1.93. The van der Waals surface area contributed by atoms with Crippen LogP contribution >= 0.6 is 0 Å². The number of aryl methyl sites for hydroxylation is 1. The van der Waals surface area contributed by atoms with E-state index in [2.05, 4.69) is 17.6 Å². The standard InChI is InChI=1S/C16H18N2O2/c1-2-12-5-3-4-6-15(12)17-11-16(20)18-13-7-9-14(19)10-8-13/h3-10,17,19H,2,11H2,1H3,(H,18,20). The van der Waals surface area contributed by atoms with Crippen LogP contribution in [0.25, 0.3) is 0 Å². The van der Waals surface area contributed by atoms with Gasteiger partial charge >= 0.3 is 0 Å². The van der Waals surface area contributed by atoms with Crippen LogP contribution < -0.4 is 10.6 Å². The van der Waals surface area contributed by atoms with Crippen molar-refractivity contribution in [3.63, 3.8) is 0 Å². The maximum absolute atomic E-state index is 11.8. The first kappa shape index (κ1) is 13.9. The molecule has 0 radical (unpaired) electrons. The molecule has 0 bridgehead atoms. The Bertz CT molecular complexity index is 579. The van der Waals surface area contributed by atoms with Gasteiger partial charge < -0.3 is 15.7 Å². The molecule has 0 spiro atoms. The molecule has 2 aromatic rings. The first-order valence-electron chi connectivity index (χ1n) is 6.59. The van der Waals surface area contributed by atoms with Gasteiger partial charge in [0.25, 0.3) is 0 Å². The van der Waals surface area contributed by atoms with Crippen molar-refractivity contribution in [3.05, 3.63) is 54.1 Å². The molecule has 4 nitrogen and oxygen atoms in total. The zero-order chi connectivity index (χ0) is 14.4. The van der Waals surface area contributed by atoms with E-state index in [1.165, 1.54) is 17.7 Å². The average molecular weight is 270 g/mol. The minimum absolute atomic E-state index is 0.124. The lowest BCUT2D eigenvalue weighted by atomic mass is 10.1. The van der Waals surface area contributed by atoms with Crippen LogP contribution in [0.4, 0.5) is 11.4 Å². The summed E-state index contributed by atoms with van der Waals surface area (Å²) in [6, 6.07) is 14.3. The first-order chi connectivity index (χ1) is 9.69. The highest BCUT2D eigenvalue weighted by Gasteiger charge is 2.04. The van der Waals surface area contributed by atoms with Gasteiger partial charge in [0, 0.05) is 11.4 Å². The van der Waals surface area contributed by atoms with Crippen LogP contribution in [0.15, 0.2) is 48.5 Å². The fourth-order valence-electron chi connectivity index (χ4n) is 1.93. The summed E-state index contributed by atoms with van der Waals surface area (Å²) in [5.41, 5.74) is 2.83. The van der Waals surface area contributed by atoms with Gasteiger partial charge in [-0.2, -0.15) is 0 Å². The van der Waals surface area contributed by atoms with Gasteiger partial charge in [0.2, 0.25) is 5.91 Å².